The number of carbonyl (C=O) groups is 1. The second-order valence-corrected chi connectivity index (χ2v) is 8.76. The molecule has 1 aliphatic rings. The first kappa shape index (κ1) is 26.1. The van der Waals surface area contributed by atoms with Gasteiger partial charge < -0.3 is 26.0 Å². The maximum Gasteiger partial charge on any atom is 0.397 e. The lowest BCUT2D eigenvalue weighted by molar-refractivity contribution is -0.150. The van der Waals surface area contributed by atoms with Crippen LogP contribution in [0.5, 0.6) is 0 Å². The molecule has 37 heavy (non-hydrogen) atoms. The van der Waals surface area contributed by atoms with Crippen molar-refractivity contribution in [3.8, 4) is 0 Å². The lowest BCUT2D eigenvalue weighted by Crippen LogP contribution is -2.45. The van der Waals surface area contributed by atoms with E-state index in [4.69, 9.17) is 10.5 Å². The van der Waals surface area contributed by atoms with E-state index in [1.807, 2.05) is 19.9 Å². The highest BCUT2D eigenvalue weighted by molar-refractivity contribution is 6.12. The summed E-state index contributed by atoms with van der Waals surface area (Å²) in [6.45, 7) is 5.55. The number of hydrogen-bond acceptors (Lipinski definition) is 8. The number of amidine groups is 1. The quantitative estimate of drug-likeness (QED) is 0.335. The molecule has 1 saturated heterocycles. The molecule has 10 nitrogen and oxygen atoms in total. The van der Waals surface area contributed by atoms with Gasteiger partial charge in [0.1, 0.15) is 23.9 Å². The smallest absolute Gasteiger partial charge is 0.383 e. The Labute approximate surface area is 211 Å². The third kappa shape index (κ3) is 6.42. The zero-order valence-corrected chi connectivity index (χ0v) is 20.5. The summed E-state index contributed by atoms with van der Waals surface area (Å²) in [6, 6.07) is 5.08. The van der Waals surface area contributed by atoms with Crippen LogP contribution >= 0.6 is 0 Å². The van der Waals surface area contributed by atoms with Crippen molar-refractivity contribution in [3.05, 3.63) is 42.4 Å². The molecule has 0 aliphatic carbocycles. The SMILES string of the molecule is CNc1ncc(C(N)=Nc2ccc(N3C[C@@H](C)O[C@@H](C)C3)cn2)c2cc(NC(=O)CC(F)(F)F)ncc12. The summed E-state index contributed by atoms with van der Waals surface area (Å²) >= 11 is 0. The van der Waals surface area contributed by atoms with Crippen molar-refractivity contribution < 1.29 is 22.7 Å². The summed E-state index contributed by atoms with van der Waals surface area (Å²) in [7, 11) is 1.67. The molecule has 0 radical (unpaired) electrons. The molecule has 0 aromatic carbocycles. The first-order valence-corrected chi connectivity index (χ1v) is 11.6. The van der Waals surface area contributed by atoms with Crippen LogP contribution < -0.4 is 21.3 Å². The first-order chi connectivity index (χ1) is 17.5. The number of fused-ring (bicyclic) bond motifs is 1. The van der Waals surface area contributed by atoms with Crippen LogP contribution in [0.4, 0.5) is 36.3 Å². The summed E-state index contributed by atoms with van der Waals surface area (Å²) in [5.74, 6) is -0.343. The molecule has 4 N–H and O–H groups in total. The molecule has 2 atom stereocenters. The van der Waals surface area contributed by atoms with E-state index < -0.39 is 18.5 Å². The molecule has 0 spiro atoms. The summed E-state index contributed by atoms with van der Waals surface area (Å²) in [5, 5.41) is 6.14. The van der Waals surface area contributed by atoms with Crippen molar-refractivity contribution in [2.75, 3.05) is 35.7 Å². The van der Waals surface area contributed by atoms with Crippen LogP contribution in [0.25, 0.3) is 10.8 Å². The molecule has 0 saturated carbocycles. The number of morpholine rings is 1. The van der Waals surface area contributed by atoms with Crippen LogP contribution in [-0.2, 0) is 9.53 Å². The minimum atomic E-state index is -4.63. The zero-order valence-electron chi connectivity index (χ0n) is 20.5. The number of alkyl halides is 3. The van der Waals surface area contributed by atoms with E-state index in [1.165, 1.54) is 18.5 Å². The number of rotatable bonds is 6. The maximum absolute atomic E-state index is 12.6. The molecule has 196 valence electrons. The third-order valence-corrected chi connectivity index (χ3v) is 5.67. The molecule has 3 aromatic rings. The molecule has 1 amide bonds. The van der Waals surface area contributed by atoms with Gasteiger partial charge in [0, 0.05) is 48.9 Å². The van der Waals surface area contributed by atoms with E-state index in [1.54, 1.807) is 19.3 Å². The van der Waals surface area contributed by atoms with E-state index in [0.29, 0.717) is 28.0 Å². The number of pyridine rings is 3. The van der Waals surface area contributed by atoms with Crippen LogP contribution in [0.1, 0.15) is 25.8 Å². The van der Waals surface area contributed by atoms with Crippen LogP contribution in [0.15, 0.2) is 41.8 Å². The van der Waals surface area contributed by atoms with Crippen LogP contribution in [0, 0.1) is 0 Å². The molecular formula is C24H27F3N8O2. The highest BCUT2D eigenvalue weighted by atomic mass is 19.4. The Morgan fingerprint density at radius 1 is 1.14 bits per heavy atom. The number of nitrogens with one attached hydrogen (secondary N) is 2. The van der Waals surface area contributed by atoms with Gasteiger partial charge in [-0.2, -0.15) is 13.2 Å². The Morgan fingerprint density at radius 3 is 2.49 bits per heavy atom. The van der Waals surface area contributed by atoms with Gasteiger partial charge in [-0.15, -0.1) is 0 Å². The van der Waals surface area contributed by atoms with Gasteiger partial charge in [0.2, 0.25) is 5.91 Å². The summed E-state index contributed by atoms with van der Waals surface area (Å²) < 4.78 is 43.5. The van der Waals surface area contributed by atoms with Gasteiger partial charge >= 0.3 is 6.18 Å². The number of halogens is 3. The van der Waals surface area contributed by atoms with E-state index in [0.717, 1.165) is 18.8 Å². The van der Waals surface area contributed by atoms with Gasteiger partial charge in [0.05, 0.1) is 24.1 Å². The molecular weight excluding hydrogens is 489 g/mol. The fourth-order valence-electron chi connectivity index (χ4n) is 4.18. The van der Waals surface area contributed by atoms with Crippen molar-refractivity contribution in [2.24, 2.45) is 10.7 Å². The first-order valence-electron chi connectivity index (χ1n) is 11.6. The number of amides is 1. The number of hydrogen-bond donors (Lipinski definition) is 3. The van der Waals surface area contributed by atoms with Crippen molar-refractivity contribution >= 4 is 45.7 Å². The lowest BCUT2D eigenvalue weighted by atomic mass is 10.1. The number of ether oxygens (including phenoxy) is 1. The predicted octanol–water partition coefficient (Wildman–Crippen LogP) is 3.61. The number of aliphatic imine (C=N–C) groups is 1. The van der Waals surface area contributed by atoms with Gasteiger partial charge in [0.15, 0.2) is 5.82 Å². The Balaban J connectivity index is 1.62. The second kappa shape index (κ2) is 10.5. The largest absolute Gasteiger partial charge is 0.397 e. The van der Waals surface area contributed by atoms with E-state index in [2.05, 4.69) is 35.5 Å². The molecule has 13 heteroatoms. The summed E-state index contributed by atoms with van der Waals surface area (Å²) in [5.41, 5.74) is 7.65. The average Bonchev–Trinajstić information content (AvgIpc) is 2.81. The number of nitrogens with zero attached hydrogens (tertiary/aromatic N) is 5. The minimum absolute atomic E-state index is 0.0551. The van der Waals surface area contributed by atoms with Crippen LogP contribution in [-0.4, -0.2) is 65.2 Å². The standard InChI is InChI=1S/C24H27F3N8O2/c1-13-11-35(12-14(2)37-13)15-4-5-19(30-8-15)34-22(28)17-9-32-23(29-3)18-10-31-20(6-16(17)18)33-21(36)7-24(25,26)27/h4-6,8-10,13-14H,7,11-12H2,1-3H3,(H,29,32)(H2,28,30,34)(H,31,33,36)/t13-,14+. The van der Waals surface area contributed by atoms with Gasteiger partial charge in [-0.25, -0.2) is 19.9 Å². The fourth-order valence-corrected chi connectivity index (χ4v) is 4.18. The molecule has 0 unspecified atom stereocenters. The second-order valence-electron chi connectivity index (χ2n) is 8.76. The minimum Gasteiger partial charge on any atom is -0.383 e. The number of nitrogens with two attached hydrogens (primary N) is 1. The van der Waals surface area contributed by atoms with E-state index >= 15 is 0 Å². The predicted molar refractivity (Wildman–Crippen MR) is 135 cm³/mol. The van der Waals surface area contributed by atoms with Gasteiger partial charge in [0.25, 0.3) is 0 Å². The topological polar surface area (TPSA) is 131 Å². The summed E-state index contributed by atoms with van der Waals surface area (Å²) in [4.78, 5) is 31.2. The average molecular weight is 517 g/mol. The van der Waals surface area contributed by atoms with Crippen molar-refractivity contribution in [3.63, 3.8) is 0 Å². The molecule has 4 rings (SSSR count). The number of anilines is 3. The van der Waals surface area contributed by atoms with Crippen molar-refractivity contribution in [1.29, 1.82) is 0 Å². The number of carbonyl (C=O) groups excluding carboxylic acids is 1. The Kier molecular flexibility index (Phi) is 7.43. The molecule has 4 heterocycles. The van der Waals surface area contributed by atoms with E-state index in [-0.39, 0.29) is 23.9 Å². The lowest BCUT2D eigenvalue weighted by Gasteiger charge is -2.36. The zero-order chi connectivity index (χ0) is 26.7. The third-order valence-electron chi connectivity index (χ3n) is 5.67. The monoisotopic (exact) mass is 516 g/mol. The van der Waals surface area contributed by atoms with Crippen molar-refractivity contribution in [2.45, 2.75) is 38.7 Å². The number of aromatic nitrogens is 3. The van der Waals surface area contributed by atoms with Gasteiger partial charge in [-0.05, 0) is 32.0 Å². The molecule has 1 fully saturated rings. The molecule has 0 bridgehead atoms. The normalized spacial score (nSPS) is 18.6. The van der Waals surface area contributed by atoms with Gasteiger partial charge in [-0.3, -0.25) is 4.79 Å². The van der Waals surface area contributed by atoms with Crippen LogP contribution in [0.2, 0.25) is 0 Å². The maximum atomic E-state index is 12.6. The van der Waals surface area contributed by atoms with E-state index in [9.17, 15) is 18.0 Å². The Bertz CT molecular complexity index is 1300. The Hall–Kier alpha value is -4.00. The highest BCUT2D eigenvalue weighted by Gasteiger charge is 2.31. The fraction of sp³-hybridized carbons (Fsp3) is 0.375. The molecule has 3 aromatic heterocycles. The van der Waals surface area contributed by atoms with Gasteiger partial charge in [-0.1, -0.05) is 0 Å². The Morgan fingerprint density at radius 2 is 1.86 bits per heavy atom. The molecule has 1 aliphatic heterocycles. The highest BCUT2D eigenvalue weighted by Crippen LogP contribution is 2.28. The van der Waals surface area contributed by atoms with Crippen molar-refractivity contribution in [1.82, 2.24) is 15.0 Å². The van der Waals surface area contributed by atoms with Crippen LogP contribution in [0.3, 0.4) is 0 Å². The summed E-state index contributed by atoms with van der Waals surface area (Å²) in [6.07, 6.45) is -1.44.